The fourth-order valence-electron chi connectivity index (χ4n) is 1.73. The van der Waals surface area contributed by atoms with Crippen LogP contribution in [0.15, 0.2) is 29.2 Å². The zero-order valence-electron chi connectivity index (χ0n) is 9.33. The third kappa shape index (κ3) is 2.11. The minimum absolute atomic E-state index is 0.0133. The maximum Gasteiger partial charge on any atom is 0.243 e. The number of carbonyl (C=O) groups is 1. The number of rotatable bonds is 3. The normalized spacial score (nSPS) is 17.8. The van der Waals surface area contributed by atoms with Crippen LogP contribution in [0.2, 0.25) is 0 Å². The van der Waals surface area contributed by atoms with E-state index in [0.29, 0.717) is 0 Å². The Hall–Kier alpha value is -1.24. The van der Waals surface area contributed by atoms with Crippen molar-refractivity contribution in [2.45, 2.75) is 17.9 Å². The second kappa shape index (κ2) is 4.21. The molecule has 1 aliphatic rings. The van der Waals surface area contributed by atoms with E-state index in [1.54, 1.807) is 12.1 Å². The molecule has 5 nitrogen and oxygen atoms in total. The maximum absolute atomic E-state index is 12.1. The summed E-state index contributed by atoms with van der Waals surface area (Å²) in [6.45, 7) is 1.52. The average molecular weight is 255 g/mol. The molecule has 0 aliphatic carbocycles. The summed E-state index contributed by atoms with van der Waals surface area (Å²) < 4.78 is 25.5. The Kier molecular flexibility index (Phi) is 3.03. The van der Waals surface area contributed by atoms with E-state index in [1.165, 1.54) is 23.4 Å². The van der Waals surface area contributed by atoms with Gasteiger partial charge in [0, 0.05) is 18.7 Å². The molecule has 0 aromatic heterocycles. The van der Waals surface area contributed by atoms with Crippen LogP contribution in [-0.4, -0.2) is 42.8 Å². The van der Waals surface area contributed by atoms with Gasteiger partial charge in [-0.1, -0.05) is 18.2 Å². The third-order valence-corrected chi connectivity index (χ3v) is 4.60. The zero-order chi connectivity index (χ0) is 12.6. The lowest BCUT2D eigenvalue weighted by Gasteiger charge is -2.34. The molecule has 2 rings (SSSR count). The number of nitrogens with zero attached hydrogens (tertiary/aromatic N) is 1. The molecule has 1 N–H and O–H groups in total. The highest BCUT2D eigenvalue weighted by Crippen LogP contribution is 2.24. The van der Waals surface area contributed by atoms with Crippen molar-refractivity contribution in [3.63, 3.8) is 0 Å². The molecule has 0 bridgehead atoms. The molecular formula is C11H13NO4S. The first kappa shape index (κ1) is 12.2. The van der Waals surface area contributed by atoms with E-state index in [1.807, 2.05) is 0 Å². The van der Waals surface area contributed by atoms with Crippen molar-refractivity contribution < 1.29 is 18.3 Å². The van der Waals surface area contributed by atoms with Crippen molar-refractivity contribution in [2.24, 2.45) is 0 Å². The summed E-state index contributed by atoms with van der Waals surface area (Å²) in [6.07, 6.45) is -0.603. The quantitative estimate of drug-likeness (QED) is 0.786. The summed E-state index contributed by atoms with van der Waals surface area (Å²) in [7, 11) is -3.66. The molecule has 0 radical (unpaired) electrons. The van der Waals surface area contributed by atoms with Crippen LogP contribution >= 0.6 is 0 Å². The second-order valence-corrected chi connectivity index (χ2v) is 5.93. The van der Waals surface area contributed by atoms with Gasteiger partial charge in [0.2, 0.25) is 10.0 Å². The molecule has 17 heavy (non-hydrogen) atoms. The van der Waals surface area contributed by atoms with E-state index in [-0.39, 0.29) is 29.3 Å². The lowest BCUT2D eigenvalue weighted by atomic mass is 10.1. The number of hydrogen-bond acceptors (Lipinski definition) is 4. The van der Waals surface area contributed by atoms with Gasteiger partial charge < -0.3 is 5.11 Å². The molecule has 0 unspecified atom stereocenters. The topological polar surface area (TPSA) is 74.7 Å². The van der Waals surface area contributed by atoms with Crippen LogP contribution in [0.3, 0.4) is 0 Å². The smallest absolute Gasteiger partial charge is 0.243 e. The Balaban J connectivity index is 2.43. The van der Waals surface area contributed by atoms with Crippen molar-refractivity contribution in [3.05, 3.63) is 29.8 Å². The van der Waals surface area contributed by atoms with E-state index < -0.39 is 16.1 Å². The Labute approximate surface area is 99.7 Å². The van der Waals surface area contributed by atoms with E-state index >= 15 is 0 Å². The fraction of sp³-hybridized carbons (Fsp3) is 0.364. The monoisotopic (exact) mass is 255 g/mol. The van der Waals surface area contributed by atoms with Gasteiger partial charge in [-0.3, -0.25) is 4.79 Å². The molecule has 1 saturated heterocycles. The van der Waals surface area contributed by atoms with Gasteiger partial charge in [0.1, 0.15) is 0 Å². The maximum atomic E-state index is 12.1. The number of hydrogen-bond donors (Lipinski definition) is 1. The van der Waals surface area contributed by atoms with Crippen molar-refractivity contribution in [1.82, 2.24) is 4.31 Å². The van der Waals surface area contributed by atoms with Gasteiger partial charge in [-0.15, -0.1) is 0 Å². The van der Waals surface area contributed by atoms with Crippen molar-refractivity contribution in [1.29, 1.82) is 0 Å². The molecule has 1 heterocycles. The molecule has 0 atom stereocenters. The number of β-amino-alcohol motifs (C(OH)–C–C–N with tert-alkyl or cyclic N) is 1. The molecular weight excluding hydrogens is 242 g/mol. The first-order chi connectivity index (χ1) is 7.93. The Morgan fingerprint density at radius 1 is 1.35 bits per heavy atom. The van der Waals surface area contributed by atoms with Gasteiger partial charge in [0.15, 0.2) is 5.78 Å². The van der Waals surface area contributed by atoms with Crippen LogP contribution < -0.4 is 0 Å². The van der Waals surface area contributed by atoms with Gasteiger partial charge in [-0.25, -0.2) is 8.42 Å². The van der Waals surface area contributed by atoms with Crippen LogP contribution in [0.25, 0.3) is 0 Å². The molecule has 1 aromatic carbocycles. The molecule has 1 aliphatic heterocycles. The van der Waals surface area contributed by atoms with E-state index in [0.717, 1.165) is 0 Å². The summed E-state index contributed by atoms with van der Waals surface area (Å²) >= 11 is 0. The summed E-state index contributed by atoms with van der Waals surface area (Å²) in [5.74, 6) is -0.287. The number of ketones is 1. The summed E-state index contributed by atoms with van der Waals surface area (Å²) in [5, 5.41) is 9.13. The molecule has 92 valence electrons. The SMILES string of the molecule is CC(=O)c1ccccc1S(=O)(=O)N1CC(O)C1. The molecule has 0 spiro atoms. The van der Waals surface area contributed by atoms with Crippen LogP contribution in [0.1, 0.15) is 17.3 Å². The molecule has 0 amide bonds. The van der Waals surface area contributed by atoms with Gasteiger partial charge in [-0.05, 0) is 13.0 Å². The molecule has 1 fully saturated rings. The van der Waals surface area contributed by atoms with E-state index in [9.17, 15) is 13.2 Å². The standard InChI is InChI=1S/C11H13NO4S/c1-8(13)10-4-2-3-5-11(10)17(15,16)12-6-9(14)7-12/h2-5,9,14H,6-7H2,1H3. The third-order valence-electron chi connectivity index (χ3n) is 2.71. The highest BCUT2D eigenvalue weighted by atomic mass is 32.2. The van der Waals surface area contributed by atoms with Gasteiger partial charge >= 0.3 is 0 Å². The number of aliphatic hydroxyl groups excluding tert-OH is 1. The van der Waals surface area contributed by atoms with Crippen molar-refractivity contribution >= 4 is 15.8 Å². The average Bonchev–Trinajstić information content (AvgIpc) is 2.24. The number of sulfonamides is 1. The van der Waals surface area contributed by atoms with Gasteiger partial charge in [0.05, 0.1) is 11.0 Å². The lowest BCUT2D eigenvalue weighted by Crippen LogP contribution is -2.53. The highest BCUT2D eigenvalue weighted by Gasteiger charge is 2.36. The number of carbonyl (C=O) groups excluding carboxylic acids is 1. The molecule has 6 heteroatoms. The minimum Gasteiger partial charge on any atom is -0.390 e. The predicted molar refractivity (Wildman–Crippen MR) is 61.2 cm³/mol. The predicted octanol–water partition coefficient (Wildman–Crippen LogP) is 0.254. The van der Waals surface area contributed by atoms with Crippen molar-refractivity contribution in [2.75, 3.05) is 13.1 Å². The number of benzene rings is 1. The first-order valence-corrected chi connectivity index (χ1v) is 6.65. The van der Waals surface area contributed by atoms with E-state index in [4.69, 9.17) is 5.11 Å². The zero-order valence-corrected chi connectivity index (χ0v) is 10.1. The van der Waals surface area contributed by atoms with Crippen LogP contribution in [0.5, 0.6) is 0 Å². The van der Waals surface area contributed by atoms with Crippen LogP contribution in [-0.2, 0) is 10.0 Å². The van der Waals surface area contributed by atoms with E-state index in [2.05, 4.69) is 0 Å². The van der Waals surface area contributed by atoms with Crippen LogP contribution in [0.4, 0.5) is 0 Å². The largest absolute Gasteiger partial charge is 0.390 e. The van der Waals surface area contributed by atoms with Crippen LogP contribution in [0, 0.1) is 0 Å². The Morgan fingerprint density at radius 2 is 1.94 bits per heavy atom. The summed E-state index contributed by atoms with van der Waals surface area (Å²) in [4.78, 5) is 11.4. The number of Topliss-reactive ketones (excluding diaryl/α,β-unsaturated/α-hetero) is 1. The molecule has 1 aromatic rings. The first-order valence-electron chi connectivity index (χ1n) is 5.21. The lowest BCUT2D eigenvalue weighted by molar-refractivity contribution is 0.0547. The summed E-state index contributed by atoms with van der Waals surface area (Å²) in [6, 6.07) is 6.11. The highest BCUT2D eigenvalue weighted by molar-refractivity contribution is 7.89. The fourth-order valence-corrected chi connectivity index (χ4v) is 3.49. The van der Waals surface area contributed by atoms with Gasteiger partial charge in [-0.2, -0.15) is 4.31 Å². The second-order valence-electron chi connectivity index (χ2n) is 4.03. The Bertz CT molecular complexity index is 546. The van der Waals surface area contributed by atoms with Crippen molar-refractivity contribution in [3.8, 4) is 0 Å². The number of aliphatic hydroxyl groups is 1. The van der Waals surface area contributed by atoms with Gasteiger partial charge in [0.25, 0.3) is 0 Å². The Morgan fingerprint density at radius 3 is 2.47 bits per heavy atom. The molecule has 0 saturated carbocycles. The summed E-state index contributed by atoms with van der Waals surface area (Å²) in [5.41, 5.74) is 0.189. The minimum atomic E-state index is -3.66.